The Morgan fingerprint density at radius 2 is 2.33 bits per heavy atom. The first-order valence-electron chi connectivity index (χ1n) is 3.83. The average Bonchev–Trinajstić information content (AvgIpc) is 1.94. The second kappa shape index (κ2) is 2.75. The third-order valence-electron chi connectivity index (χ3n) is 2.07. The third kappa shape index (κ3) is 1.56. The van der Waals surface area contributed by atoms with Crippen LogP contribution in [0.4, 0.5) is 0 Å². The third-order valence-corrected chi connectivity index (χ3v) is 2.07. The lowest BCUT2D eigenvalue weighted by Gasteiger charge is -2.29. The maximum atomic E-state index is 10.8. The van der Waals surface area contributed by atoms with Crippen molar-refractivity contribution in [1.82, 2.24) is 0 Å². The van der Waals surface area contributed by atoms with Crippen LogP contribution in [0.5, 0.6) is 0 Å². The molecule has 0 fully saturated rings. The molecular formula is C9H13NO2. The number of aliphatic carboxylic acids is 1. The SMILES string of the molecule is CC1=CC(C(=O)O)C(C)(N)C=C1. The lowest BCUT2D eigenvalue weighted by atomic mass is 9.81. The lowest BCUT2D eigenvalue weighted by Crippen LogP contribution is -2.46. The Hall–Kier alpha value is -1.09. The minimum Gasteiger partial charge on any atom is -0.481 e. The van der Waals surface area contributed by atoms with Gasteiger partial charge < -0.3 is 10.8 Å². The Kier molecular flexibility index (Phi) is 2.06. The molecule has 2 atom stereocenters. The quantitative estimate of drug-likeness (QED) is 0.610. The summed E-state index contributed by atoms with van der Waals surface area (Å²) in [5, 5.41) is 8.83. The normalized spacial score (nSPS) is 34.6. The number of rotatable bonds is 1. The molecule has 0 aromatic heterocycles. The van der Waals surface area contributed by atoms with Gasteiger partial charge >= 0.3 is 5.97 Å². The molecule has 0 spiro atoms. The molecule has 2 unspecified atom stereocenters. The molecule has 3 N–H and O–H groups in total. The fraction of sp³-hybridized carbons (Fsp3) is 0.444. The zero-order valence-corrected chi connectivity index (χ0v) is 7.24. The summed E-state index contributed by atoms with van der Waals surface area (Å²) >= 11 is 0. The lowest BCUT2D eigenvalue weighted by molar-refractivity contribution is -0.141. The highest BCUT2D eigenvalue weighted by Gasteiger charge is 2.33. The standard InChI is InChI=1S/C9H13NO2/c1-6-3-4-9(2,10)7(5-6)8(11)12/h3-5,7H,10H2,1-2H3,(H,11,12). The summed E-state index contributed by atoms with van der Waals surface area (Å²) < 4.78 is 0. The number of nitrogens with two attached hydrogens (primary N) is 1. The molecule has 1 aliphatic rings. The molecule has 0 aliphatic heterocycles. The second-order valence-electron chi connectivity index (χ2n) is 3.43. The van der Waals surface area contributed by atoms with E-state index in [0.29, 0.717) is 0 Å². The minimum atomic E-state index is -0.872. The van der Waals surface area contributed by atoms with E-state index in [2.05, 4.69) is 0 Å². The first kappa shape index (κ1) is 9.00. The van der Waals surface area contributed by atoms with Gasteiger partial charge in [-0.1, -0.05) is 23.8 Å². The highest BCUT2D eigenvalue weighted by atomic mass is 16.4. The number of carboxylic acids is 1. The van der Waals surface area contributed by atoms with Crippen LogP contribution in [-0.4, -0.2) is 16.6 Å². The van der Waals surface area contributed by atoms with Crippen LogP contribution in [0.1, 0.15) is 13.8 Å². The van der Waals surface area contributed by atoms with Crippen molar-refractivity contribution in [3.05, 3.63) is 23.8 Å². The van der Waals surface area contributed by atoms with Crippen molar-refractivity contribution in [1.29, 1.82) is 0 Å². The fourth-order valence-electron chi connectivity index (χ4n) is 1.25. The van der Waals surface area contributed by atoms with Crippen LogP contribution >= 0.6 is 0 Å². The molecule has 3 heteroatoms. The first-order valence-corrected chi connectivity index (χ1v) is 3.83. The van der Waals surface area contributed by atoms with Crippen molar-refractivity contribution in [2.24, 2.45) is 11.7 Å². The van der Waals surface area contributed by atoms with Crippen LogP contribution in [0, 0.1) is 5.92 Å². The van der Waals surface area contributed by atoms with Gasteiger partial charge in [-0.15, -0.1) is 0 Å². The van der Waals surface area contributed by atoms with E-state index in [1.165, 1.54) is 0 Å². The summed E-state index contributed by atoms with van der Waals surface area (Å²) in [6.07, 6.45) is 5.27. The highest BCUT2D eigenvalue weighted by Crippen LogP contribution is 2.24. The summed E-state index contributed by atoms with van der Waals surface area (Å²) in [7, 11) is 0. The molecule has 0 amide bonds. The molecule has 0 aromatic rings. The van der Waals surface area contributed by atoms with E-state index >= 15 is 0 Å². The van der Waals surface area contributed by atoms with E-state index in [1.54, 1.807) is 19.1 Å². The van der Waals surface area contributed by atoms with Crippen LogP contribution < -0.4 is 5.73 Å². The average molecular weight is 167 g/mol. The van der Waals surface area contributed by atoms with Gasteiger partial charge in [0.15, 0.2) is 0 Å². The van der Waals surface area contributed by atoms with Gasteiger partial charge in [0.05, 0.1) is 5.92 Å². The first-order chi connectivity index (χ1) is 5.43. The Morgan fingerprint density at radius 3 is 2.75 bits per heavy atom. The Bertz CT molecular complexity index is 264. The summed E-state index contributed by atoms with van der Waals surface area (Å²) in [5.74, 6) is -1.48. The molecule has 0 saturated heterocycles. The maximum Gasteiger partial charge on any atom is 0.312 e. The van der Waals surface area contributed by atoms with Gasteiger partial charge in [0.1, 0.15) is 0 Å². The van der Waals surface area contributed by atoms with Crippen molar-refractivity contribution < 1.29 is 9.90 Å². The van der Waals surface area contributed by atoms with Gasteiger partial charge in [0.2, 0.25) is 0 Å². The summed E-state index contributed by atoms with van der Waals surface area (Å²) in [5.41, 5.74) is 5.96. The maximum absolute atomic E-state index is 10.8. The zero-order chi connectivity index (χ0) is 9.35. The summed E-state index contributed by atoms with van der Waals surface area (Å²) in [6, 6.07) is 0. The Balaban J connectivity index is 2.98. The van der Waals surface area contributed by atoms with Crippen molar-refractivity contribution in [3.8, 4) is 0 Å². The molecule has 1 rings (SSSR count). The number of hydrogen-bond donors (Lipinski definition) is 2. The summed E-state index contributed by atoms with van der Waals surface area (Å²) in [4.78, 5) is 10.8. The van der Waals surface area contributed by atoms with Crippen molar-refractivity contribution in [2.75, 3.05) is 0 Å². The van der Waals surface area contributed by atoms with E-state index in [4.69, 9.17) is 10.8 Å². The monoisotopic (exact) mass is 167 g/mol. The molecule has 3 nitrogen and oxygen atoms in total. The van der Waals surface area contributed by atoms with Crippen LogP contribution in [0.15, 0.2) is 23.8 Å². The molecule has 0 bridgehead atoms. The smallest absolute Gasteiger partial charge is 0.312 e. The van der Waals surface area contributed by atoms with Crippen LogP contribution in [0.3, 0.4) is 0 Å². The molecule has 1 aliphatic carbocycles. The van der Waals surface area contributed by atoms with E-state index in [9.17, 15) is 4.79 Å². The van der Waals surface area contributed by atoms with Gasteiger partial charge in [-0.3, -0.25) is 4.79 Å². The molecule has 12 heavy (non-hydrogen) atoms. The number of carbonyl (C=O) groups is 1. The van der Waals surface area contributed by atoms with E-state index in [0.717, 1.165) is 5.57 Å². The van der Waals surface area contributed by atoms with Gasteiger partial charge in [-0.05, 0) is 13.8 Å². The predicted octanol–water partition coefficient (Wildman–Crippen LogP) is 0.921. The van der Waals surface area contributed by atoms with Crippen molar-refractivity contribution in [2.45, 2.75) is 19.4 Å². The zero-order valence-electron chi connectivity index (χ0n) is 7.24. The van der Waals surface area contributed by atoms with Crippen LogP contribution in [0.2, 0.25) is 0 Å². The Morgan fingerprint density at radius 1 is 1.75 bits per heavy atom. The summed E-state index contributed by atoms with van der Waals surface area (Å²) in [6.45, 7) is 3.58. The molecule has 0 radical (unpaired) electrons. The topological polar surface area (TPSA) is 63.3 Å². The molecule has 0 aromatic carbocycles. The number of hydrogen-bond acceptors (Lipinski definition) is 2. The van der Waals surface area contributed by atoms with Crippen molar-refractivity contribution in [3.63, 3.8) is 0 Å². The molecular weight excluding hydrogens is 154 g/mol. The number of carboxylic acid groups (broad SMARTS) is 1. The molecule has 0 heterocycles. The second-order valence-corrected chi connectivity index (χ2v) is 3.43. The molecule has 66 valence electrons. The van der Waals surface area contributed by atoms with Gasteiger partial charge in [-0.2, -0.15) is 0 Å². The van der Waals surface area contributed by atoms with Crippen LogP contribution in [-0.2, 0) is 4.79 Å². The molecule has 0 saturated carbocycles. The fourth-order valence-corrected chi connectivity index (χ4v) is 1.25. The predicted molar refractivity (Wildman–Crippen MR) is 46.6 cm³/mol. The minimum absolute atomic E-state index is 0.609. The Labute approximate surface area is 71.6 Å². The van der Waals surface area contributed by atoms with Gasteiger partial charge in [-0.25, -0.2) is 0 Å². The van der Waals surface area contributed by atoms with E-state index < -0.39 is 17.4 Å². The van der Waals surface area contributed by atoms with E-state index in [1.807, 2.05) is 13.0 Å². The van der Waals surface area contributed by atoms with Gasteiger partial charge in [0.25, 0.3) is 0 Å². The van der Waals surface area contributed by atoms with Crippen molar-refractivity contribution >= 4 is 5.97 Å². The van der Waals surface area contributed by atoms with Crippen LogP contribution in [0.25, 0.3) is 0 Å². The highest BCUT2D eigenvalue weighted by molar-refractivity contribution is 5.75. The number of allylic oxidation sites excluding steroid dienone is 2. The van der Waals surface area contributed by atoms with E-state index in [-0.39, 0.29) is 0 Å². The van der Waals surface area contributed by atoms with Gasteiger partial charge in [0, 0.05) is 5.54 Å². The largest absolute Gasteiger partial charge is 0.481 e.